The molecule has 0 fully saturated rings. The molecule has 0 amide bonds. The second-order valence-electron chi connectivity index (χ2n) is 3.89. The van der Waals surface area contributed by atoms with Crippen molar-refractivity contribution < 1.29 is 9.90 Å². The first kappa shape index (κ1) is 12.9. The quantitative estimate of drug-likeness (QED) is 0.740. The number of aliphatic hydroxyl groups excluding tert-OH is 1. The van der Waals surface area contributed by atoms with E-state index in [0.29, 0.717) is 13.1 Å². The van der Waals surface area contributed by atoms with Gasteiger partial charge in [0, 0.05) is 12.1 Å². The Bertz CT molecular complexity index is 350. The molecule has 1 aromatic carbocycles. The minimum atomic E-state index is 0.0922. The van der Waals surface area contributed by atoms with E-state index in [1.807, 2.05) is 43.0 Å². The summed E-state index contributed by atoms with van der Waals surface area (Å²) >= 11 is 0. The molecule has 0 aliphatic rings. The fourth-order valence-electron chi connectivity index (χ4n) is 1.60. The van der Waals surface area contributed by atoms with Gasteiger partial charge in [-0.05, 0) is 19.5 Å². The number of aliphatic hydroxyl groups is 1. The number of rotatable bonds is 6. The Hall–Kier alpha value is -1.19. The number of nitrogens with zero attached hydrogens (tertiary/aromatic N) is 1. The molecular formula is C13H19NO2. The molecule has 0 aliphatic heterocycles. The minimum Gasteiger partial charge on any atom is -0.395 e. The predicted molar refractivity (Wildman–Crippen MR) is 64.7 cm³/mol. The highest BCUT2D eigenvalue weighted by Crippen LogP contribution is 2.05. The summed E-state index contributed by atoms with van der Waals surface area (Å²) in [6.07, 6.45) is 0. The Balaban J connectivity index is 2.64. The van der Waals surface area contributed by atoms with Crippen LogP contribution in [0.25, 0.3) is 0 Å². The van der Waals surface area contributed by atoms with Gasteiger partial charge < -0.3 is 5.11 Å². The zero-order chi connectivity index (χ0) is 12.0. The minimum absolute atomic E-state index is 0.0922. The van der Waals surface area contributed by atoms with E-state index >= 15 is 0 Å². The fourth-order valence-corrected chi connectivity index (χ4v) is 1.60. The third kappa shape index (κ3) is 3.76. The van der Waals surface area contributed by atoms with Crippen LogP contribution in [-0.2, 0) is 0 Å². The fraction of sp³-hybridized carbons (Fsp3) is 0.462. The van der Waals surface area contributed by atoms with Crippen LogP contribution in [0.15, 0.2) is 24.3 Å². The van der Waals surface area contributed by atoms with Crippen molar-refractivity contribution in [1.82, 2.24) is 4.90 Å². The van der Waals surface area contributed by atoms with Crippen LogP contribution >= 0.6 is 0 Å². The van der Waals surface area contributed by atoms with Crippen molar-refractivity contribution in [3.8, 4) is 0 Å². The normalized spacial score (nSPS) is 10.8. The van der Waals surface area contributed by atoms with Crippen molar-refractivity contribution in [2.45, 2.75) is 13.8 Å². The average molecular weight is 221 g/mol. The van der Waals surface area contributed by atoms with Gasteiger partial charge in [0.2, 0.25) is 0 Å². The standard InChI is InChI=1S/C13H19NO2/c1-3-14(7-8-15)10-13(16)12-6-4-5-11(2)9-12/h4-6,9,15H,3,7-8,10H2,1-2H3. The summed E-state index contributed by atoms with van der Waals surface area (Å²) in [5, 5.41) is 8.84. The average Bonchev–Trinajstić information content (AvgIpc) is 2.28. The first-order chi connectivity index (χ1) is 7.67. The molecular weight excluding hydrogens is 202 g/mol. The van der Waals surface area contributed by atoms with E-state index in [1.54, 1.807) is 0 Å². The molecule has 0 aromatic heterocycles. The van der Waals surface area contributed by atoms with E-state index in [2.05, 4.69) is 0 Å². The zero-order valence-corrected chi connectivity index (χ0v) is 9.94. The third-order valence-corrected chi connectivity index (χ3v) is 2.57. The second kappa shape index (κ2) is 6.40. The Labute approximate surface area is 96.7 Å². The molecule has 0 radical (unpaired) electrons. The van der Waals surface area contributed by atoms with Crippen LogP contribution in [0.5, 0.6) is 0 Å². The molecule has 3 heteroatoms. The van der Waals surface area contributed by atoms with Gasteiger partial charge in [-0.3, -0.25) is 9.69 Å². The molecule has 3 nitrogen and oxygen atoms in total. The lowest BCUT2D eigenvalue weighted by atomic mass is 10.1. The van der Waals surface area contributed by atoms with Crippen LogP contribution in [-0.4, -0.2) is 42.0 Å². The van der Waals surface area contributed by atoms with Crippen LogP contribution in [0.4, 0.5) is 0 Å². The van der Waals surface area contributed by atoms with Crippen LogP contribution in [0.2, 0.25) is 0 Å². The first-order valence-electron chi connectivity index (χ1n) is 5.60. The molecule has 88 valence electrons. The number of carbonyl (C=O) groups is 1. The number of benzene rings is 1. The number of hydrogen-bond donors (Lipinski definition) is 1. The third-order valence-electron chi connectivity index (χ3n) is 2.57. The molecule has 0 saturated heterocycles. The first-order valence-corrected chi connectivity index (χ1v) is 5.60. The number of likely N-dealkylation sites (N-methyl/N-ethyl adjacent to an activating group) is 1. The molecule has 1 aromatic rings. The van der Waals surface area contributed by atoms with E-state index in [0.717, 1.165) is 17.7 Å². The summed E-state index contributed by atoms with van der Waals surface area (Å²) in [5.74, 6) is 0.110. The van der Waals surface area contributed by atoms with Crippen LogP contribution in [0, 0.1) is 6.92 Å². The Morgan fingerprint density at radius 2 is 2.19 bits per heavy atom. The van der Waals surface area contributed by atoms with Crippen molar-refractivity contribution in [2.75, 3.05) is 26.2 Å². The Kier molecular flexibility index (Phi) is 5.15. The van der Waals surface area contributed by atoms with Gasteiger partial charge in [-0.2, -0.15) is 0 Å². The summed E-state index contributed by atoms with van der Waals surface area (Å²) in [5.41, 5.74) is 1.84. The van der Waals surface area contributed by atoms with E-state index in [-0.39, 0.29) is 12.4 Å². The number of hydrogen-bond acceptors (Lipinski definition) is 3. The second-order valence-corrected chi connectivity index (χ2v) is 3.89. The molecule has 1 N–H and O–H groups in total. The van der Waals surface area contributed by atoms with Gasteiger partial charge in [-0.15, -0.1) is 0 Å². The maximum Gasteiger partial charge on any atom is 0.176 e. The number of Topliss-reactive ketones (excluding diaryl/α,β-unsaturated/α-hetero) is 1. The SMILES string of the molecule is CCN(CCO)CC(=O)c1cccc(C)c1. The smallest absolute Gasteiger partial charge is 0.176 e. The number of aryl methyl sites for hydroxylation is 1. The van der Waals surface area contributed by atoms with E-state index in [9.17, 15) is 4.79 Å². The van der Waals surface area contributed by atoms with Gasteiger partial charge in [0.25, 0.3) is 0 Å². The summed E-state index contributed by atoms with van der Waals surface area (Å²) < 4.78 is 0. The van der Waals surface area contributed by atoms with Crippen molar-refractivity contribution in [1.29, 1.82) is 0 Å². The van der Waals surface area contributed by atoms with Crippen LogP contribution < -0.4 is 0 Å². The Morgan fingerprint density at radius 1 is 1.44 bits per heavy atom. The van der Waals surface area contributed by atoms with Crippen molar-refractivity contribution >= 4 is 5.78 Å². The molecule has 0 saturated carbocycles. The van der Waals surface area contributed by atoms with Crippen LogP contribution in [0.3, 0.4) is 0 Å². The Morgan fingerprint density at radius 3 is 2.75 bits per heavy atom. The lowest BCUT2D eigenvalue weighted by molar-refractivity contribution is 0.0919. The lowest BCUT2D eigenvalue weighted by Gasteiger charge is -2.17. The molecule has 0 unspecified atom stereocenters. The number of carbonyl (C=O) groups excluding carboxylic acids is 1. The maximum absolute atomic E-state index is 11.9. The van der Waals surface area contributed by atoms with E-state index in [4.69, 9.17) is 5.11 Å². The molecule has 0 atom stereocenters. The van der Waals surface area contributed by atoms with Gasteiger partial charge in [-0.1, -0.05) is 30.7 Å². The van der Waals surface area contributed by atoms with Crippen LogP contribution in [0.1, 0.15) is 22.8 Å². The monoisotopic (exact) mass is 221 g/mol. The topological polar surface area (TPSA) is 40.5 Å². The van der Waals surface area contributed by atoms with Crippen molar-refractivity contribution in [2.24, 2.45) is 0 Å². The highest BCUT2D eigenvalue weighted by molar-refractivity contribution is 5.97. The largest absolute Gasteiger partial charge is 0.395 e. The zero-order valence-electron chi connectivity index (χ0n) is 9.94. The lowest BCUT2D eigenvalue weighted by Crippen LogP contribution is -2.32. The van der Waals surface area contributed by atoms with Gasteiger partial charge in [0.1, 0.15) is 0 Å². The van der Waals surface area contributed by atoms with Gasteiger partial charge >= 0.3 is 0 Å². The van der Waals surface area contributed by atoms with Gasteiger partial charge in [0.15, 0.2) is 5.78 Å². The highest BCUT2D eigenvalue weighted by atomic mass is 16.3. The summed E-state index contributed by atoms with van der Waals surface area (Å²) in [6.45, 7) is 5.75. The summed E-state index contributed by atoms with van der Waals surface area (Å²) in [7, 11) is 0. The van der Waals surface area contributed by atoms with Gasteiger partial charge in [-0.25, -0.2) is 0 Å². The molecule has 1 rings (SSSR count). The molecule has 16 heavy (non-hydrogen) atoms. The van der Waals surface area contributed by atoms with E-state index < -0.39 is 0 Å². The summed E-state index contributed by atoms with van der Waals surface area (Å²) in [4.78, 5) is 13.9. The van der Waals surface area contributed by atoms with Crippen molar-refractivity contribution in [3.05, 3.63) is 35.4 Å². The highest BCUT2D eigenvalue weighted by Gasteiger charge is 2.10. The van der Waals surface area contributed by atoms with Gasteiger partial charge in [0.05, 0.1) is 13.2 Å². The summed E-state index contributed by atoms with van der Waals surface area (Å²) in [6, 6.07) is 7.60. The van der Waals surface area contributed by atoms with E-state index in [1.165, 1.54) is 0 Å². The molecule has 0 spiro atoms. The molecule has 0 bridgehead atoms. The van der Waals surface area contributed by atoms with Crippen molar-refractivity contribution in [3.63, 3.8) is 0 Å². The maximum atomic E-state index is 11.9. The predicted octanol–water partition coefficient (Wildman–Crippen LogP) is 1.49. The molecule has 0 aliphatic carbocycles. The molecule has 0 heterocycles. The number of ketones is 1.